The van der Waals surface area contributed by atoms with Crippen molar-refractivity contribution in [3.05, 3.63) is 60.7 Å². The Hall–Kier alpha value is -3.44. The summed E-state index contributed by atoms with van der Waals surface area (Å²) in [5.41, 5.74) is 0.676. The monoisotopic (exact) mass is 518 g/mol. The second-order valence-electron chi connectivity index (χ2n) is 7.58. The summed E-state index contributed by atoms with van der Waals surface area (Å²) in [5.74, 6) is -1.21. The number of carbonyl (C=O) groups is 2. The number of carboxylic acid groups (broad SMARTS) is 2. The van der Waals surface area contributed by atoms with Gasteiger partial charge in [0.05, 0.1) is 17.7 Å². The number of sulfonamides is 1. The van der Waals surface area contributed by atoms with Crippen molar-refractivity contribution in [2.75, 3.05) is 35.3 Å². The predicted molar refractivity (Wildman–Crippen MR) is 137 cm³/mol. The number of thioether (sulfide) groups is 1. The molecule has 0 aliphatic rings. The van der Waals surface area contributed by atoms with Crippen LogP contribution in [-0.2, 0) is 19.6 Å². The lowest BCUT2D eigenvalue weighted by Crippen LogP contribution is -2.36. The third-order valence-corrected chi connectivity index (χ3v) is 7.75. The molecule has 3 aromatic rings. The second kappa shape index (κ2) is 11.3. The molecule has 0 unspecified atom stereocenters. The summed E-state index contributed by atoms with van der Waals surface area (Å²) in [6.45, 7) is -0.795. The molecule has 1 atom stereocenters. The molecule has 0 aliphatic carbocycles. The van der Waals surface area contributed by atoms with Crippen molar-refractivity contribution in [2.45, 2.75) is 17.4 Å². The van der Waals surface area contributed by atoms with Crippen molar-refractivity contribution in [3.63, 3.8) is 0 Å². The van der Waals surface area contributed by atoms with E-state index in [1.54, 1.807) is 30.3 Å². The van der Waals surface area contributed by atoms with E-state index >= 15 is 0 Å². The zero-order chi connectivity index (χ0) is 25.6. The first kappa shape index (κ1) is 26.2. The fourth-order valence-corrected chi connectivity index (χ4v) is 5.51. The van der Waals surface area contributed by atoms with Crippen LogP contribution in [0.25, 0.3) is 10.8 Å². The maximum atomic E-state index is 13.5. The van der Waals surface area contributed by atoms with Crippen molar-refractivity contribution in [1.82, 2.24) is 0 Å². The van der Waals surface area contributed by atoms with Crippen LogP contribution in [-0.4, -0.2) is 62.3 Å². The normalized spacial score (nSPS) is 12.2. The third kappa shape index (κ3) is 5.98. The molecule has 11 heteroatoms. The van der Waals surface area contributed by atoms with Gasteiger partial charge in [-0.2, -0.15) is 11.8 Å². The van der Waals surface area contributed by atoms with E-state index in [2.05, 4.69) is 5.32 Å². The number of ether oxygens (including phenoxy) is 1. The first-order valence-electron chi connectivity index (χ1n) is 10.6. The standard InChI is InChI=1S/C24H26N2O7S2/c1-33-16-7-9-17(10-8-16)35(31,32)26(15-23(27)28)22-12-11-20(18-5-3-4-6-19(18)22)25-21(24(29)30)13-14-34-2/h3-12,21,25H,13-15H2,1-2H3,(H,27,28)(H,29,30)/t21-/m0/s1. The van der Waals surface area contributed by atoms with E-state index in [9.17, 15) is 28.2 Å². The SMILES string of the molecule is COc1ccc(S(=O)(=O)N(CC(=O)O)c2ccc(N[C@@H](CCSC)C(=O)O)c3ccccc23)cc1. The fourth-order valence-electron chi connectivity index (χ4n) is 3.60. The Bertz CT molecular complexity index is 1310. The van der Waals surface area contributed by atoms with Gasteiger partial charge >= 0.3 is 11.9 Å². The van der Waals surface area contributed by atoms with E-state index in [-0.39, 0.29) is 10.6 Å². The number of nitrogens with one attached hydrogen (secondary N) is 1. The molecule has 0 aromatic heterocycles. The average Bonchev–Trinajstić information content (AvgIpc) is 2.85. The number of nitrogens with zero attached hydrogens (tertiary/aromatic N) is 1. The number of rotatable bonds is 12. The Labute approximate surface area is 207 Å². The number of hydrogen-bond donors (Lipinski definition) is 3. The Balaban J connectivity index is 2.12. The minimum Gasteiger partial charge on any atom is -0.497 e. The summed E-state index contributed by atoms with van der Waals surface area (Å²) in [4.78, 5) is 23.3. The average molecular weight is 519 g/mol. The van der Waals surface area contributed by atoms with Crippen LogP contribution >= 0.6 is 11.8 Å². The Morgan fingerprint density at radius 3 is 2.26 bits per heavy atom. The summed E-state index contributed by atoms with van der Waals surface area (Å²) >= 11 is 1.54. The van der Waals surface area contributed by atoms with E-state index in [4.69, 9.17) is 4.74 Å². The summed E-state index contributed by atoms with van der Waals surface area (Å²) in [6, 6.07) is 14.7. The van der Waals surface area contributed by atoms with Crippen molar-refractivity contribution >= 4 is 55.9 Å². The maximum Gasteiger partial charge on any atom is 0.326 e. The lowest BCUT2D eigenvalue weighted by Gasteiger charge is -2.25. The molecule has 3 N–H and O–H groups in total. The van der Waals surface area contributed by atoms with E-state index < -0.39 is 34.5 Å². The van der Waals surface area contributed by atoms with Gasteiger partial charge in [0.15, 0.2) is 0 Å². The van der Waals surface area contributed by atoms with Gasteiger partial charge in [-0.1, -0.05) is 24.3 Å². The summed E-state index contributed by atoms with van der Waals surface area (Å²) in [5, 5.41) is 23.2. The summed E-state index contributed by atoms with van der Waals surface area (Å²) < 4.78 is 32.9. The van der Waals surface area contributed by atoms with Crippen LogP contribution in [0.3, 0.4) is 0 Å². The van der Waals surface area contributed by atoms with Crippen molar-refractivity contribution in [2.24, 2.45) is 0 Å². The van der Waals surface area contributed by atoms with Gasteiger partial charge in [-0.25, -0.2) is 13.2 Å². The van der Waals surface area contributed by atoms with E-state index in [0.717, 1.165) is 4.31 Å². The van der Waals surface area contributed by atoms with E-state index in [0.29, 0.717) is 34.4 Å². The molecule has 0 saturated heterocycles. The summed E-state index contributed by atoms with van der Waals surface area (Å²) in [7, 11) is -2.79. The molecule has 0 aliphatic heterocycles. The largest absolute Gasteiger partial charge is 0.497 e. The van der Waals surface area contributed by atoms with Gasteiger partial charge in [0, 0.05) is 16.5 Å². The quantitative estimate of drug-likeness (QED) is 0.328. The Morgan fingerprint density at radius 2 is 1.69 bits per heavy atom. The zero-order valence-electron chi connectivity index (χ0n) is 19.2. The molecule has 0 fully saturated rings. The molecule has 0 heterocycles. The van der Waals surface area contributed by atoms with Crippen LogP contribution in [0.1, 0.15) is 6.42 Å². The van der Waals surface area contributed by atoms with Crippen molar-refractivity contribution < 1.29 is 33.0 Å². The van der Waals surface area contributed by atoms with Gasteiger partial charge in [0.25, 0.3) is 10.0 Å². The molecule has 0 radical (unpaired) electrons. The van der Waals surface area contributed by atoms with Crippen molar-refractivity contribution in [3.8, 4) is 5.75 Å². The van der Waals surface area contributed by atoms with E-state index in [1.807, 2.05) is 6.26 Å². The summed E-state index contributed by atoms with van der Waals surface area (Å²) in [6.07, 6.45) is 2.28. The van der Waals surface area contributed by atoms with Gasteiger partial charge < -0.3 is 20.3 Å². The topological polar surface area (TPSA) is 133 Å². The molecule has 0 bridgehead atoms. The van der Waals surface area contributed by atoms with Gasteiger partial charge in [-0.3, -0.25) is 9.10 Å². The minimum absolute atomic E-state index is 0.0890. The van der Waals surface area contributed by atoms with Crippen molar-refractivity contribution in [1.29, 1.82) is 0 Å². The number of benzene rings is 3. The van der Waals surface area contributed by atoms with E-state index in [1.165, 1.54) is 49.2 Å². The lowest BCUT2D eigenvalue weighted by molar-refractivity contribution is -0.138. The molecule has 0 amide bonds. The second-order valence-corrected chi connectivity index (χ2v) is 10.4. The zero-order valence-corrected chi connectivity index (χ0v) is 20.8. The van der Waals surface area contributed by atoms with Crippen LogP contribution in [0.15, 0.2) is 65.6 Å². The highest BCUT2D eigenvalue weighted by molar-refractivity contribution is 7.98. The molecular formula is C24H26N2O7S2. The highest BCUT2D eigenvalue weighted by Crippen LogP contribution is 2.35. The number of fused-ring (bicyclic) bond motifs is 1. The molecule has 0 saturated carbocycles. The van der Waals surface area contributed by atoms with Gasteiger partial charge in [0.1, 0.15) is 18.3 Å². The number of methoxy groups -OCH3 is 1. The highest BCUT2D eigenvalue weighted by atomic mass is 32.2. The molecular weight excluding hydrogens is 492 g/mol. The number of carboxylic acids is 2. The molecule has 0 spiro atoms. The first-order chi connectivity index (χ1) is 16.7. The van der Waals surface area contributed by atoms with Gasteiger partial charge in [0.2, 0.25) is 0 Å². The van der Waals surface area contributed by atoms with Gasteiger partial charge in [-0.15, -0.1) is 0 Å². The molecule has 9 nitrogen and oxygen atoms in total. The fraction of sp³-hybridized carbons (Fsp3) is 0.250. The molecule has 3 rings (SSSR count). The van der Waals surface area contributed by atoms with Gasteiger partial charge in [-0.05, 0) is 54.8 Å². The van der Waals surface area contributed by atoms with Crippen LogP contribution in [0, 0.1) is 0 Å². The van der Waals surface area contributed by atoms with Crippen LogP contribution in [0.2, 0.25) is 0 Å². The molecule has 186 valence electrons. The molecule has 35 heavy (non-hydrogen) atoms. The molecule has 3 aromatic carbocycles. The smallest absolute Gasteiger partial charge is 0.326 e. The Kier molecular flexibility index (Phi) is 8.47. The first-order valence-corrected chi connectivity index (χ1v) is 13.4. The Morgan fingerprint density at radius 1 is 1.03 bits per heavy atom. The predicted octanol–water partition coefficient (Wildman–Crippen LogP) is 3.75. The minimum atomic E-state index is -4.25. The van der Waals surface area contributed by atoms with Crippen LogP contribution in [0.4, 0.5) is 11.4 Å². The highest BCUT2D eigenvalue weighted by Gasteiger charge is 2.29. The number of aliphatic carboxylic acids is 2. The van der Waals surface area contributed by atoms with Crippen LogP contribution < -0.4 is 14.4 Å². The van der Waals surface area contributed by atoms with Crippen LogP contribution in [0.5, 0.6) is 5.75 Å². The lowest BCUT2D eigenvalue weighted by atomic mass is 10.1. The number of anilines is 2. The third-order valence-electron chi connectivity index (χ3n) is 5.33. The number of hydrogen-bond acceptors (Lipinski definition) is 7. The maximum absolute atomic E-state index is 13.5.